The summed E-state index contributed by atoms with van der Waals surface area (Å²) in [4.78, 5) is 0. The number of anilines is 1. The first kappa shape index (κ1) is 10.8. The van der Waals surface area contributed by atoms with E-state index in [4.69, 9.17) is 5.73 Å². The van der Waals surface area contributed by atoms with Crippen LogP contribution in [0.2, 0.25) is 0 Å². The van der Waals surface area contributed by atoms with Gasteiger partial charge in [0.15, 0.2) is 0 Å². The number of fused-ring (bicyclic) bond motifs is 1. The molecule has 0 unspecified atom stereocenters. The Kier molecular flexibility index (Phi) is 2.33. The molecule has 18 heavy (non-hydrogen) atoms. The molecule has 0 aliphatic rings. The first-order valence-electron chi connectivity index (χ1n) is 5.95. The monoisotopic (exact) mass is 237 g/mol. The van der Waals surface area contributed by atoms with Crippen LogP contribution in [0.1, 0.15) is 5.69 Å². The van der Waals surface area contributed by atoms with Crippen molar-refractivity contribution in [3.05, 3.63) is 48.2 Å². The zero-order valence-corrected chi connectivity index (χ0v) is 10.5. The first-order valence-corrected chi connectivity index (χ1v) is 5.95. The van der Waals surface area contributed by atoms with E-state index in [-0.39, 0.29) is 0 Å². The van der Waals surface area contributed by atoms with Crippen molar-refractivity contribution in [2.75, 3.05) is 5.73 Å². The summed E-state index contributed by atoms with van der Waals surface area (Å²) in [5, 5.41) is 6.80. The van der Waals surface area contributed by atoms with Gasteiger partial charge in [-0.2, -0.15) is 5.10 Å². The molecule has 2 N–H and O–H groups in total. The fourth-order valence-corrected chi connectivity index (χ4v) is 2.43. The van der Waals surface area contributed by atoms with Gasteiger partial charge in [0, 0.05) is 12.6 Å². The predicted octanol–water partition coefficient (Wildman–Crippen LogP) is 3.13. The summed E-state index contributed by atoms with van der Waals surface area (Å²) < 4.78 is 1.85. The molecule has 1 aromatic heterocycles. The van der Waals surface area contributed by atoms with Crippen molar-refractivity contribution in [2.24, 2.45) is 7.05 Å². The Balaban J connectivity index is 2.38. The van der Waals surface area contributed by atoms with E-state index >= 15 is 0 Å². The number of hydrogen-bond donors (Lipinski definition) is 1. The van der Waals surface area contributed by atoms with Crippen molar-refractivity contribution < 1.29 is 0 Å². The van der Waals surface area contributed by atoms with Gasteiger partial charge >= 0.3 is 0 Å². The average molecular weight is 237 g/mol. The van der Waals surface area contributed by atoms with Gasteiger partial charge in [0.05, 0.1) is 17.1 Å². The van der Waals surface area contributed by atoms with Crippen LogP contribution in [0.15, 0.2) is 42.5 Å². The molecule has 90 valence electrons. The molecule has 2 aromatic carbocycles. The van der Waals surface area contributed by atoms with Gasteiger partial charge in [-0.3, -0.25) is 4.68 Å². The number of nitrogen functional groups attached to an aromatic ring is 1. The lowest BCUT2D eigenvalue weighted by Crippen LogP contribution is -1.96. The molecule has 0 bridgehead atoms. The zero-order valence-electron chi connectivity index (χ0n) is 10.5. The molecular weight excluding hydrogens is 222 g/mol. The van der Waals surface area contributed by atoms with Gasteiger partial charge in [0.1, 0.15) is 0 Å². The Morgan fingerprint density at radius 2 is 1.78 bits per heavy atom. The Morgan fingerprint density at radius 1 is 1.06 bits per heavy atom. The number of aryl methyl sites for hydroxylation is 2. The van der Waals surface area contributed by atoms with Crippen LogP contribution in [-0.4, -0.2) is 9.78 Å². The Hall–Kier alpha value is -2.29. The van der Waals surface area contributed by atoms with E-state index in [9.17, 15) is 0 Å². The summed E-state index contributed by atoms with van der Waals surface area (Å²) >= 11 is 0. The molecule has 1 heterocycles. The maximum absolute atomic E-state index is 6.14. The minimum Gasteiger partial charge on any atom is -0.395 e. The van der Waals surface area contributed by atoms with Crippen LogP contribution >= 0.6 is 0 Å². The molecule has 0 radical (unpaired) electrons. The van der Waals surface area contributed by atoms with Crippen LogP contribution in [0.25, 0.3) is 22.0 Å². The highest BCUT2D eigenvalue weighted by atomic mass is 15.3. The van der Waals surface area contributed by atoms with Gasteiger partial charge < -0.3 is 5.73 Å². The number of nitrogens with two attached hydrogens (primary N) is 1. The summed E-state index contributed by atoms with van der Waals surface area (Å²) in [5.41, 5.74) is 9.90. The molecule has 0 aliphatic heterocycles. The Labute approximate surface area is 106 Å². The standard InChI is InChI=1S/C15H15N3/c1-10-14(16)15(18(2)17-10)13-9-5-7-11-6-3-4-8-12(11)13/h3-9H,16H2,1-2H3. The third-order valence-electron chi connectivity index (χ3n) is 3.31. The van der Waals surface area contributed by atoms with Gasteiger partial charge in [-0.1, -0.05) is 42.5 Å². The maximum atomic E-state index is 6.14. The van der Waals surface area contributed by atoms with Gasteiger partial charge in [-0.05, 0) is 17.7 Å². The number of aromatic nitrogens is 2. The molecule has 3 aromatic rings. The third kappa shape index (κ3) is 1.48. The molecule has 0 fully saturated rings. The fourth-order valence-electron chi connectivity index (χ4n) is 2.43. The normalized spacial score (nSPS) is 11.0. The minimum absolute atomic E-state index is 0.758. The van der Waals surface area contributed by atoms with Gasteiger partial charge in [0.2, 0.25) is 0 Å². The number of benzene rings is 2. The van der Waals surface area contributed by atoms with Crippen LogP contribution in [0.4, 0.5) is 5.69 Å². The topological polar surface area (TPSA) is 43.8 Å². The van der Waals surface area contributed by atoms with Crippen molar-refractivity contribution in [2.45, 2.75) is 6.92 Å². The lowest BCUT2D eigenvalue weighted by molar-refractivity contribution is 0.764. The van der Waals surface area contributed by atoms with Crippen molar-refractivity contribution in [1.82, 2.24) is 9.78 Å². The summed E-state index contributed by atoms with van der Waals surface area (Å²) in [7, 11) is 1.93. The SMILES string of the molecule is Cc1nn(C)c(-c2cccc3ccccc23)c1N. The van der Waals surface area contributed by atoms with E-state index < -0.39 is 0 Å². The van der Waals surface area contributed by atoms with Crippen molar-refractivity contribution in [3.63, 3.8) is 0 Å². The second kappa shape index (κ2) is 3.88. The average Bonchev–Trinajstić information content (AvgIpc) is 2.63. The molecule has 0 saturated heterocycles. The van der Waals surface area contributed by atoms with Crippen molar-refractivity contribution in [1.29, 1.82) is 0 Å². The quantitative estimate of drug-likeness (QED) is 0.706. The van der Waals surface area contributed by atoms with Gasteiger partial charge in [-0.25, -0.2) is 0 Å². The highest BCUT2D eigenvalue weighted by molar-refractivity contribution is 5.98. The van der Waals surface area contributed by atoms with Gasteiger partial charge in [-0.15, -0.1) is 0 Å². The number of hydrogen-bond acceptors (Lipinski definition) is 2. The van der Waals surface area contributed by atoms with Crippen molar-refractivity contribution in [3.8, 4) is 11.3 Å². The number of rotatable bonds is 1. The second-order valence-electron chi connectivity index (χ2n) is 4.50. The molecular formula is C15H15N3. The predicted molar refractivity (Wildman–Crippen MR) is 75.3 cm³/mol. The van der Waals surface area contributed by atoms with E-state index in [1.54, 1.807) is 0 Å². The zero-order chi connectivity index (χ0) is 12.7. The van der Waals surface area contributed by atoms with Gasteiger partial charge in [0.25, 0.3) is 0 Å². The molecule has 0 aliphatic carbocycles. The van der Waals surface area contributed by atoms with Crippen LogP contribution in [0.3, 0.4) is 0 Å². The molecule has 3 heteroatoms. The molecule has 0 saturated carbocycles. The Bertz CT molecular complexity index is 720. The van der Waals surface area contributed by atoms with E-state index in [1.165, 1.54) is 10.8 Å². The summed E-state index contributed by atoms with van der Waals surface area (Å²) in [6.45, 7) is 1.93. The van der Waals surface area contributed by atoms with Crippen LogP contribution < -0.4 is 5.73 Å². The fraction of sp³-hybridized carbons (Fsp3) is 0.133. The lowest BCUT2D eigenvalue weighted by Gasteiger charge is -2.08. The molecule has 0 spiro atoms. The van der Waals surface area contributed by atoms with E-state index in [1.807, 2.05) is 30.8 Å². The minimum atomic E-state index is 0.758. The summed E-state index contributed by atoms with van der Waals surface area (Å²) in [6, 6.07) is 14.6. The van der Waals surface area contributed by atoms with E-state index in [0.717, 1.165) is 22.6 Å². The third-order valence-corrected chi connectivity index (χ3v) is 3.31. The summed E-state index contributed by atoms with van der Waals surface area (Å²) in [5.74, 6) is 0. The molecule has 0 amide bonds. The molecule has 0 atom stereocenters. The second-order valence-corrected chi connectivity index (χ2v) is 4.50. The smallest absolute Gasteiger partial charge is 0.0917 e. The molecule has 3 nitrogen and oxygen atoms in total. The Morgan fingerprint density at radius 3 is 2.50 bits per heavy atom. The highest BCUT2D eigenvalue weighted by Crippen LogP contribution is 2.33. The van der Waals surface area contributed by atoms with E-state index in [0.29, 0.717) is 0 Å². The van der Waals surface area contributed by atoms with Crippen LogP contribution in [0, 0.1) is 6.92 Å². The number of nitrogens with zero attached hydrogens (tertiary/aromatic N) is 2. The maximum Gasteiger partial charge on any atom is 0.0917 e. The van der Waals surface area contributed by atoms with E-state index in [2.05, 4.69) is 35.4 Å². The highest BCUT2D eigenvalue weighted by Gasteiger charge is 2.14. The van der Waals surface area contributed by atoms with Crippen molar-refractivity contribution >= 4 is 16.5 Å². The lowest BCUT2D eigenvalue weighted by atomic mass is 10.0. The van der Waals surface area contributed by atoms with Crippen LogP contribution in [0.5, 0.6) is 0 Å². The summed E-state index contributed by atoms with van der Waals surface area (Å²) in [6.07, 6.45) is 0. The largest absolute Gasteiger partial charge is 0.395 e. The first-order chi connectivity index (χ1) is 8.68. The molecule has 3 rings (SSSR count). The van der Waals surface area contributed by atoms with Crippen LogP contribution in [-0.2, 0) is 7.05 Å².